The number of hydrogen-bond donors (Lipinski definition) is 3. The molecule has 3 N–H and O–H groups in total. The van der Waals surface area contributed by atoms with Gasteiger partial charge in [-0.25, -0.2) is 4.39 Å². The molecular weight excluding hydrogens is 389 g/mol. The van der Waals surface area contributed by atoms with Gasteiger partial charge in [-0.15, -0.1) is 11.8 Å². The van der Waals surface area contributed by atoms with E-state index in [1.165, 1.54) is 19.1 Å². The van der Waals surface area contributed by atoms with Gasteiger partial charge in [0.15, 0.2) is 0 Å². The topological polar surface area (TPSA) is 74.0 Å². The van der Waals surface area contributed by atoms with Gasteiger partial charge in [0, 0.05) is 41.9 Å². The summed E-state index contributed by atoms with van der Waals surface area (Å²) in [7, 11) is 0. The van der Waals surface area contributed by atoms with Crippen LogP contribution < -0.4 is 10.6 Å². The minimum atomic E-state index is -0.628. The maximum Gasteiger partial charge on any atom is 0.242 e. The van der Waals surface area contributed by atoms with Crippen molar-refractivity contribution >= 4 is 34.5 Å². The summed E-state index contributed by atoms with van der Waals surface area (Å²) in [6.07, 6.45) is 3.07. The fourth-order valence-corrected chi connectivity index (χ4v) is 3.96. The van der Waals surface area contributed by atoms with Crippen LogP contribution in [0.1, 0.15) is 18.9 Å². The fraction of sp³-hybridized carbons (Fsp3) is 0.273. The van der Waals surface area contributed by atoms with Crippen LogP contribution in [-0.2, 0) is 16.0 Å². The Bertz CT molecular complexity index is 972. The average Bonchev–Trinajstić information content (AvgIpc) is 3.11. The van der Waals surface area contributed by atoms with Crippen molar-refractivity contribution in [3.63, 3.8) is 0 Å². The molecule has 2 amide bonds. The first-order valence-electron chi connectivity index (χ1n) is 9.51. The van der Waals surface area contributed by atoms with E-state index in [4.69, 9.17) is 0 Å². The first-order chi connectivity index (χ1) is 14.0. The van der Waals surface area contributed by atoms with E-state index in [1.807, 2.05) is 30.5 Å². The molecule has 1 aromatic heterocycles. The van der Waals surface area contributed by atoms with Gasteiger partial charge in [0.25, 0.3) is 0 Å². The minimum absolute atomic E-state index is 0.197. The monoisotopic (exact) mass is 413 g/mol. The van der Waals surface area contributed by atoms with E-state index in [9.17, 15) is 14.0 Å². The Hall–Kier alpha value is -2.80. The number of aromatic nitrogens is 1. The number of carbonyl (C=O) groups excluding carboxylic acids is 2. The smallest absolute Gasteiger partial charge is 0.242 e. The Kier molecular flexibility index (Phi) is 7.30. The van der Waals surface area contributed by atoms with Crippen molar-refractivity contribution in [3.05, 3.63) is 66.1 Å². The molecule has 1 unspecified atom stereocenters. The van der Waals surface area contributed by atoms with E-state index in [2.05, 4.69) is 15.6 Å². The lowest BCUT2D eigenvalue weighted by atomic mass is 10.0. The molecule has 0 saturated heterocycles. The molecular formula is C22H24FN3O2S. The number of thioether (sulfide) groups is 1. The molecule has 1 atom stereocenters. The zero-order chi connectivity index (χ0) is 20.6. The number of benzene rings is 2. The van der Waals surface area contributed by atoms with Crippen LogP contribution in [-0.4, -0.2) is 35.1 Å². The summed E-state index contributed by atoms with van der Waals surface area (Å²) in [6.45, 7) is 1.92. The first-order valence-corrected chi connectivity index (χ1v) is 10.5. The molecule has 7 heteroatoms. The van der Waals surface area contributed by atoms with Crippen molar-refractivity contribution in [2.45, 2.75) is 30.7 Å². The molecule has 0 aliphatic heterocycles. The summed E-state index contributed by atoms with van der Waals surface area (Å²) < 4.78 is 12.9. The number of para-hydroxylation sites is 1. The quantitative estimate of drug-likeness (QED) is 0.370. The Morgan fingerprint density at radius 3 is 2.66 bits per heavy atom. The van der Waals surface area contributed by atoms with Gasteiger partial charge in [-0.2, -0.15) is 0 Å². The molecule has 3 aromatic rings. The Labute approximate surface area is 173 Å². The number of hydrogen-bond acceptors (Lipinski definition) is 3. The number of rotatable bonds is 9. The highest BCUT2D eigenvalue weighted by atomic mass is 32.2. The SMILES string of the molecule is CC(=O)NC(Cc1c[nH]c2ccccc12)C(=O)NCCCSc1ccc(F)cc1. The number of fused-ring (bicyclic) bond motifs is 1. The van der Waals surface area contributed by atoms with E-state index in [1.54, 1.807) is 23.9 Å². The van der Waals surface area contributed by atoms with Gasteiger partial charge in [-0.05, 0) is 48.1 Å². The molecule has 3 rings (SSSR count). The second-order valence-corrected chi connectivity index (χ2v) is 7.93. The fourth-order valence-electron chi connectivity index (χ4n) is 3.10. The van der Waals surface area contributed by atoms with E-state index in [0.717, 1.165) is 33.5 Å². The van der Waals surface area contributed by atoms with E-state index >= 15 is 0 Å². The Morgan fingerprint density at radius 1 is 1.14 bits per heavy atom. The average molecular weight is 414 g/mol. The molecule has 0 radical (unpaired) electrons. The van der Waals surface area contributed by atoms with E-state index < -0.39 is 6.04 Å². The summed E-state index contributed by atoms with van der Waals surface area (Å²) >= 11 is 1.61. The van der Waals surface area contributed by atoms with Crippen LogP contribution in [0.2, 0.25) is 0 Å². The third-order valence-electron chi connectivity index (χ3n) is 4.50. The second kappa shape index (κ2) is 10.1. The van der Waals surface area contributed by atoms with Gasteiger partial charge in [-0.1, -0.05) is 18.2 Å². The van der Waals surface area contributed by atoms with Gasteiger partial charge < -0.3 is 15.6 Å². The first kappa shape index (κ1) is 20.9. The second-order valence-electron chi connectivity index (χ2n) is 6.76. The summed E-state index contributed by atoms with van der Waals surface area (Å²) in [6, 6.07) is 13.6. The van der Waals surface area contributed by atoms with Crippen molar-refractivity contribution in [1.82, 2.24) is 15.6 Å². The van der Waals surface area contributed by atoms with Crippen molar-refractivity contribution in [2.75, 3.05) is 12.3 Å². The van der Waals surface area contributed by atoms with Gasteiger partial charge in [0.2, 0.25) is 11.8 Å². The Balaban J connectivity index is 1.51. The van der Waals surface area contributed by atoms with Crippen molar-refractivity contribution in [3.8, 4) is 0 Å². The maximum absolute atomic E-state index is 12.9. The van der Waals surface area contributed by atoms with Gasteiger partial charge in [-0.3, -0.25) is 9.59 Å². The highest BCUT2D eigenvalue weighted by Gasteiger charge is 2.21. The van der Waals surface area contributed by atoms with Gasteiger partial charge in [0.05, 0.1) is 0 Å². The predicted octanol–water partition coefficient (Wildman–Crippen LogP) is 3.65. The number of halogens is 1. The molecule has 0 aliphatic rings. The third kappa shape index (κ3) is 6.09. The molecule has 0 saturated carbocycles. The van der Waals surface area contributed by atoms with Crippen LogP contribution in [0, 0.1) is 5.82 Å². The third-order valence-corrected chi connectivity index (χ3v) is 5.59. The Morgan fingerprint density at radius 2 is 1.90 bits per heavy atom. The van der Waals surface area contributed by atoms with Crippen molar-refractivity contribution < 1.29 is 14.0 Å². The molecule has 0 spiro atoms. The minimum Gasteiger partial charge on any atom is -0.361 e. The van der Waals surface area contributed by atoms with Crippen LogP contribution in [0.15, 0.2) is 59.6 Å². The molecule has 29 heavy (non-hydrogen) atoms. The maximum atomic E-state index is 12.9. The zero-order valence-electron chi connectivity index (χ0n) is 16.2. The van der Waals surface area contributed by atoms with E-state index in [-0.39, 0.29) is 17.6 Å². The largest absolute Gasteiger partial charge is 0.361 e. The molecule has 1 heterocycles. The van der Waals surface area contributed by atoms with Crippen molar-refractivity contribution in [1.29, 1.82) is 0 Å². The molecule has 0 aliphatic carbocycles. The summed E-state index contributed by atoms with van der Waals surface area (Å²) in [4.78, 5) is 28.4. The molecule has 0 bridgehead atoms. The standard InChI is InChI=1S/C22H24FN3O2S/c1-15(27)26-21(13-16-14-25-20-6-3-2-5-19(16)20)22(28)24-11-4-12-29-18-9-7-17(23)8-10-18/h2-3,5-10,14,21,25H,4,11-13H2,1H3,(H,24,28)(H,26,27). The summed E-state index contributed by atoms with van der Waals surface area (Å²) in [5.41, 5.74) is 1.99. The van der Waals surface area contributed by atoms with Crippen LogP contribution in [0.4, 0.5) is 4.39 Å². The van der Waals surface area contributed by atoms with E-state index in [0.29, 0.717) is 13.0 Å². The van der Waals surface area contributed by atoms with Gasteiger partial charge >= 0.3 is 0 Å². The normalized spacial score (nSPS) is 11.9. The highest BCUT2D eigenvalue weighted by molar-refractivity contribution is 7.99. The summed E-state index contributed by atoms with van der Waals surface area (Å²) in [5.74, 6) is 0.119. The van der Waals surface area contributed by atoms with Crippen LogP contribution in [0.5, 0.6) is 0 Å². The van der Waals surface area contributed by atoms with Crippen LogP contribution in [0.25, 0.3) is 10.9 Å². The lowest BCUT2D eigenvalue weighted by Crippen LogP contribution is -2.47. The lowest BCUT2D eigenvalue weighted by molar-refractivity contribution is -0.128. The number of nitrogens with one attached hydrogen (secondary N) is 3. The van der Waals surface area contributed by atoms with Crippen LogP contribution >= 0.6 is 11.8 Å². The number of amides is 2. The molecule has 5 nitrogen and oxygen atoms in total. The summed E-state index contributed by atoms with van der Waals surface area (Å²) in [5, 5.41) is 6.70. The number of carbonyl (C=O) groups is 2. The molecule has 2 aromatic carbocycles. The number of aromatic amines is 1. The zero-order valence-corrected chi connectivity index (χ0v) is 17.0. The molecule has 152 valence electrons. The highest BCUT2D eigenvalue weighted by Crippen LogP contribution is 2.20. The number of H-pyrrole nitrogens is 1. The lowest BCUT2D eigenvalue weighted by Gasteiger charge is -2.17. The predicted molar refractivity (Wildman–Crippen MR) is 114 cm³/mol. The van der Waals surface area contributed by atoms with Crippen molar-refractivity contribution in [2.24, 2.45) is 0 Å². The van der Waals surface area contributed by atoms with Gasteiger partial charge in [0.1, 0.15) is 11.9 Å². The van der Waals surface area contributed by atoms with Crippen LogP contribution in [0.3, 0.4) is 0 Å². The molecule has 0 fully saturated rings.